The summed E-state index contributed by atoms with van der Waals surface area (Å²) in [5.41, 5.74) is 0.388. The number of nitrogens with one attached hydrogen (secondary N) is 2. The Kier molecular flexibility index (Phi) is 5.28. The number of carboxylic acids is 1. The van der Waals surface area contributed by atoms with Crippen LogP contribution in [0.2, 0.25) is 0 Å². The maximum atomic E-state index is 12.8. The van der Waals surface area contributed by atoms with Gasteiger partial charge in [-0.2, -0.15) is 0 Å². The molecule has 1 unspecified atom stereocenters. The summed E-state index contributed by atoms with van der Waals surface area (Å²) in [4.78, 5) is 21.7. The van der Waals surface area contributed by atoms with Gasteiger partial charge in [0, 0.05) is 3.57 Å². The lowest BCUT2D eigenvalue weighted by Crippen LogP contribution is -2.38. The normalized spacial score (nSPS) is 11.7. The quantitative estimate of drug-likeness (QED) is 0.596. The fraction of sp³-hybridized carbons (Fsp3) is 0.200. The molecule has 0 fully saturated rings. The molecule has 2 amide bonds. The maximum absolute atomic E-state index is 12.8. The number of urea groups is 1. The lowest BCUT2D eigenvalue weighted by molar-refractivity contribution is -0.146. The number of aliphatic hydroxyl groups is 1. The standard InChI is InChI=1S/C10H10FIN2O4/c11-5-1-2-7(6(12)3-5)14-10(18)13-4-8(15)9(16)17/h1-3,8,15H,4H2,(H,16,17)(H2,13,14,18). The average Bonchev–Trinajstić information content (AvgIpc) is 2.29. The van der Waals surface area contributed by atoms with Crippen LogP contribution < -0.4 is 10.6 Å². The highest BCUT2D eigenvalue weighted by Crippen LogP contribution is 2.18. The zero-order chi connectivity index (χ0) is 13.7. The molecular formula is C10H10FIN2O4. The Hall–Kier alpha value is -1.42. The lowest BCUT2D eigenvalue weighted by Gasteiger charge is -2.10. The number of hydrogen-bond acceptors (Lipinski definition) is 3. The molecule has 18 heavy (non-hydrogen) atoms. The van der Waals surface area contributed by atoms with E-state index in [0.717, 1.165) is 0 Å². The van der Waals surface area contributed by atoms with Crippen LogP contribution in [0.3, 0.4) is 0 Å². The van der Waals surface area contributed by atoms with Crippen molar-refractivity contribution >= 4 is 40.3 Å². The van der Waals surface area contributed by atoms with Crippen molar-refractivity contribution < 1.29 is 24.2 Å². The third-order valence-electron chi connectivity index (χ3n) is 1.92. The van der Waals surface area contributed by atoms with Crippen molar-refractivity contribution in [1.29, 1.82) is 0 Å². The van der Waals surface area contributed by atoms with E-state index in [-0.39, 0.29) is 0 Å². The number of benzene rings is 1. The molecule has 4 N–H and O–H groups in total. The van der Waals surface area contributed by atoms with E-state index < -0.39 is 30.5 Å². The predicted molar refractivity (Wildman–Crippen MR) is 69.8 cm³/mol. The highest BCUT2D eigenvalue weighted by molar-refractivity contribution is 14.1. The van der Waals surface area contributed by atoms with E-state index in [2.05, 4.69) is 10.6 Å². The minimum absolute atomic E-state index is 0.388. The fourth-order valence-corrected chi connectivity index (χ4v) is 1.65. The monoisotopic (exact) mass is 368 g/mol. The third-order valence-corrected chi connectivity index (χ3v) is 2.81. The summed E-state index contributed by atoms with van der Waals surface area (Å²) in [6, 6.07) is 3.12. The smallest absolute Gasteiger partial charge is 0.334 e. The van der Waals surface area contributed by atoms with Gasteiger partial charge in [-0.1, -0.05) is 0 Å². The predicted octanol–water partition coefficient (Wildman–Crippen LogP) is 0.997. The van der Waals surface area contributed by atoms with Gasteiger partial charge in [0.1, 0.15) is 5.82 Å². The van der Waals surface area contributed by atoms with Crippen molar-refractivity contribution in [2.45, 2.75) is 6.10 Å². The summed E-state index contributed by atoms with van der Waals surface area (Å²) in [5.74, 6) is -1.85. The second-order valence-electron chi connectivity index (χ2n) is 3.31. The number of halogens is 2. The highest BCUT2D eigenvalue weighted by atomic mass is 127. The molecule has 0 saturated heterocycles. The molecule has 0 spiro atoms. The van der Waals surface area contributed by atoms with Gasteiger partial charge >= 0.3 is 12.0 Å². The number of aliphatic carboxylic acids is 1. The summed E-state index contributed by atoms with van der Waals surface area (Å²) < 4.78 is 13.3. The van der Waals surface area contributed by atoms with Crippen LogP contribution >= 0.6 is 22.6 Å². The van der Waals surface area contributed by atoms with Crippen LogP contribution in [0.15, 0.2) is 18.2 Å². The molecule has 1 aromatic carbocycles. The van der Waals surface area contributed by atoms with Gasteiger partial charge in [0.05, 0.1) is 12.2 Å². The van der Waals surface area contributed by atoms with E-state index in [1.165, 1.54) is 18.2 Å². The molecule has 1 atom stereocenters. The van der Waals surface area contributed by atoms with Crippen molar-refractivity contribution in [2.75, 3.05) is 11.9 Å². The van der Waals surface area contributed by atoms with Crippen molar-refractivity contribution in [2.24, 2.45) is 0 Å². The van der Waals surface area contributed by atoms with Crippen LogP contribution in [-0.4, -0.2) is 34.9 Å². The summed E-state index contributed by atoms with van der Waals surface area (Å²) in [5, 5.41) is 21.9. The van der Waals surface area contributed by atoms with E-state index in [4.69, 9.17) is 10.2 Å². The topological polar surface area (TPSA) is 98.7 Å². The molecule has 0 aliphatic rings. The average molecular weight is 368 g/mol. The Morgan fingerprint density at radius 3 is 2.67 bits per heavy atom. The van der Waals surface area contributed by atoms with E-state index in [1.807, 2.05) is 22.6 Å². The largest absolute Gasteiger partial charge is 0.479 e. The van der Waals surface area contributed by atoms with Gasteiger partial charge in [-0.15, -0.1) is 0 Å². The number of anilines is 1. The molecular weight excluding hydrogens is 358 g/mol. The van der Waals surface area contributed by atoms with Gasteiger partial charge in [0.15, 0.2) is 6.10 Å². The van der Waals surface area contributed by atoms with Crippen LogP contribution in [0.4, 0.5) is 14.9 Å². The van der Waals surface area contributed by atoms with Crippen molar-refractivity contribution in [3.63, 3.8) is 0 Å². The number of carboxylic acid groups (broad SMARTS) is 1. The van der Waals surface area contributed by atoms with Gasteiger partial charge in [0.25, 0.3) is 0 Å². The minimum atomic E-state index is -1.66. The number of aliphatic hydroxyl groups excluding tert-OH is 1. The number of carbonyl (C=O) groups is 2. The van der Waals surface area contributed by atoms with Crippen LogP contribution in [-0.2, 0) is 4.79 Å². The van der Waals surface area contributed by atoms with E-state index in [9.17, 15) is 14.0 Å². The first-order chi connectivity index (χ1) is 8.40. The van der Waals surface area contributed by atoms with Gasteiger partial charge < -0.3 is 20.8 Å². The summed E-state index contributed by atoms with van der Waals surface area (Å²) in [7, 11) is 0. The van der Waals surface area contributed by atoms with E-state index in [0.29, 0.717) is 9.26 Å². The molecule has 0 bridgehead atoms. The Morgan fingerprint density at radius 1 is 1.44 bits per heavy atom. The molecule has 1 rings (SSSR count). The van der Waals surface area contributed by atoms with E-state index in [1.54, 1.807) is 0 Å². The van der Waals surface area contributed by atoms with Crippen LogP contribution in [0.1, 0.15) is 0 Å². The Bertz CT molecular complexity index is 469. The molecule has 6 nitrogen and oxygen atoms in total. The molecule has 1 aromatic rings. The highest BCUT2D eigenvalue weighted by Gasteiger charge is 2.14. The summed E-state index contributed by atoms with van der Waals surface area (Å²) in [6.07, 6.45) is -1.66. The summed E-state index contributed by atoms with van der Waals surface area (Å²) >= 11 is 1.85. The molecule has 0 aliphatic carbocycles. The number of carbonyl (C=O) groups excluding carboxylic acids is 1. The van der Waals surface area contributed by atoms with Crippen molar-refractivity contribution in [3.05, 3.63) is 27.6 Å². The lowest BCUT2D eigenvalue weighted by atomic mass is 10.3. The van der Waals surface area contributed by atoms with Crippen molar-refractivity contribution in [1.82, 2.24) is 5.32 Å². The van der Waals surface area contributed by atoms with Crippen LogP contribution in [0.5, 0.6) is 0 Å². The molecule has 8 heteroatoms. The van der Waals surface area contributed by atoms with Crippen LogP contribution in [0, 0.1) is 9.39 Å². The van der Waals surface area contributed by atoms with E-state index >= 15 is 0 Å². The SMILES string of the molecule is O=C(NCC(O)C(=O)O)Nc1ccc(F)cc1I. The minimum Gasteiger partial charge on any atom is -0.479 e. The second kappa shape index (κ2) is 6.50. The van der Waals surface area contributed by atoms with Gasteiger partial charge in [0.2, 0.25) is 0 Å². The zero-order valence-corrected chi connectivity index (χ0v) is 11.1. The third kappa shape index (κ3) is 4.45. The first kappa shape index (κ1) is 14.6. The first-order valence-electron chi connectivity index (χ1n) is 4.81. The zero-order valence-electron chi connectivity index (χ0n) is 8.98. The van der Waals surface area contributed by atoms with Crippen LogP contribution in [0.25, 0.3) is 0 Å². The Labute approximate surface area is 115 Å². The molecule has 0 aromatic heterocycles. The molecule has 0 heterocycles. The van der Waals surface area contributed by atoms with Crippen molar-refractivity contribution in [3.8, 4) is 0 Å². The Morgan fingerprint density at radius 2 is 2.11 bits per heavy atom. The fourth-order valence-electron chi connectivity index (χ4n) is 1.03. The molecule has 0 saturated carbocycles. The molecule has 0 aliphatic heterocycles. The number of rotatable bonds is 4. The Balaban J connectivity index is 2.52. The number of amides is 2. The first-order valence-corrected chi connectivity index (χ1v) is 5.89. The molecule has 0 radical (unpaired) electrons. The van der Waals surface area contributed by atoms with Gasteiger partial charge in [-0.05, 0) is 40.8 Å². The maximum Gasteiger partial charge on any atom is 0.334 e. The van der Waals surface area contributed by atoms with Gasteiger partial charge in [-0.3, -0.25) is 0 Å². The second-order valence-corrected chi connectivity index (χ2v) is 4.48. The number of hydrogen-bond donors (Lipinski definition) is 4. The summed E-state index contributed by atoms with van der Waals surface area (Å²) in [6.45, 7) is -0.418. The molecule has 98 valence electrons. The van der Waals surface area contributed by atoms with Gasteiger partial charge in [-0.25, -0.2) is 14.0 Å².